The van der Waals surface area contributed by atoms with E-state index < -0.39 is 0 Å². The van der Waals surface area contributed by atoms with Crippen molar-refractivity contribution in [1.29, 1.82) is 0 Å². The molecule has 22 heavy (non-hydrogen) atoms. The second-order valence-corrected chi connectivity index (χ2v) is 7.16. The maximum atomic E-state index is 9.89. The van der Waals surface area contributed by atoms with Gasteiger partial charge in [0.2, 0.25) is 0 Å². The molecule has 2 N–H and O–H groups in total. The summed E-state index contributed by atoms with van der Waals surface area (Å²) in [4.78, 5) is 2.54. The molecule has 4 nitrogen and oxygen atoms in total. The van der Waals surface area contributed by atoms with Crippen LogP contribution >= 0.6 is 0 Å². The van der Waals surface area contributed by atoms with Crippen LogP contribution in [0.4, 0.5) is 0 Å². The molecule has 2 atom stereocenters. The minimum Gasteiger partial charge on any atom is -0.493 e. The summed E-state index contributed by atoms with van der Waals surface area (Å²) in [5, 5.41) is 13.5. The van der Waals surface area contributed by atoms with E-state index in [1.807, 2.05) is 0 Å². The lowest BCUT2D eigenvalue weighted by molar-refractivity contribution is -0.0150. The summed E-state index contributed by atoms with van der Waals surface area (Å²) in [6, 6.07) is 7.08. The molecule has 3 aliphatic rings. The number of piperidine rings is 2. The van der Waals surface area contributed by atoms with Crippen LogP contribution < -0.4 is 10.1 Å². The molecule has 0 saturated carbocycles. The van der Waals surface area contributed by atoms with Crippen molar-refractivity contribution in [1.82, 2.24) is 10.2 Å². The van der Waals surface area contributed by atoms with Crippen LogP contribution in [0.2, 0.25) is 0 Å². The van der Waals surface area contributed by atoms with Crippen molar-refractivity contribution >= 4 is 0 Å². The van der Waals surface area contributed by atoms with E-state index in [1.54, 1.807) is 0 Å². The predicted molar refractivity (Wildman–Crippen MR) is 86.1 cm³/mol. The number of hydrogen-bond acceptors (Lipinski definition) is 4. The summed E-state index contributed by atoms with van der Waals surface area (Å²) < 4.78 is 5.59. The van der Waals surface area contributed by atoms with Gasteiger partial charge in [-0.2, -0.15) is 0 Å². The van der Waals surface area contributed by atoms with Crippen LogP contribution in [0.25, 0.3) is 0 Å². The highest BCUT2D eigenvalue weighted by molar-refractivity contribution is 5.39. The number of aliphatic hydroxyl groups excluding tert-OH is 1. The molecule has 0 amide bonds. The molecule has 4 heteroatoms. The van der Waals surface area contributed by atoms with Gasteiger partial charge in [0.25, 0.3) is 0 Å². The zero-order valence-corrected chi connectivity index (χ0v) is 13.2. The second-order valence-electron chi connectivity index (χ2n) is 7.16. The van der Waals surface area contributed by atoms with E-state index >= 15 is 0 Å². The van der Waals surface area contributed by atoms with E-state index in [2.05, 4.69) is 28.4 Å². The average molecular weight is 302 g/mol. The van der Waals surface area contributed by atoms with Crippen LogP contribution in [0.15, 0.2) is 18.2 Å². The summed E-state index contributed by atoms with van der Waals surface area (Å²) in [6.45, 7) is 5.39. The number of nitrogens with zero attached hydrogens (tertiary/aromatic N) is 1. The molecular formula is C18H26N2O2. The highest BCUT2D eigenvalue weighted by atomic mass is 16.5. The third-order valence-electron chi connectivity index (χ3n) is 5.82. The summed E-state index contributed by atoms with van der Waals surface area (Å²) in [7, 11) is 0. The summed E-state index contributed by atoms with van der Waals surface area (Å²) in [5.74, 6) is 1.07. The van der Waals surface area contributed by atoms with Crippen LogP contribution in [0.5, 0.6) is 5.75 Å². The Bertz CT molecular complexity index is 548. The number of rotatable bonds is 3. The number of aliphatic hydroxyl groups is 1. The first-order valence-corrected chi connectivity index (χ1v) is 8.60. The zero-order chi connectivity index (χ0) is 15.0. The van der Waals surface area contributed by atoms with E-state index in [4.69, 9.17) is 4.74 Å². The molecule has 0 aromatic heterocycles. The lowest BCUT2D eigenvalue weighted by Crippen LogP contribution is -2.61. The molecule has 3 aliphatic heterocycles. The Hall–Kier alpha value is -1.10. The molecule has 0 aliphatic carbocycles. The van der Waals surface area contributed by atoms with E-state index in [0.717, 1.165) is 51.4 Å². The van der Waals surface area contributed by atoms with Gasteiger partial charge in [0, 0.05) is 31.0 Å². The van der Waals surface area contributed by atoms with Gasteiger partial charge in [-0.05, 0) is 49.5 Å². The van der Waals surface area contributed by atoms with Gasteiger partial charge in [-0.1, -0.05) is 12.1 Å². The Balaban J connectivity index is 1.44. The summed E-state index contributed by atoms with van der Waals surface area (Å²) in [6.07, 6.45) is 4.52. The van der Waals surface area contributed by atoms with Gasteiger partial charge in [0.05, 0.1) is 13.2 Å². The topological polar surface area (TPSA) is 44.7 Å². The van der Waals surface area contributed by atoms with Crippen LogP contribution in [0.1, 0.15) is 30.4 Å². The Morgan fingerprint density at radius 3 is 3.23 bits per heavy atom. The molecule has 2 fully saturated rings. The monoisotopic (exact) mass is 302 g/mol. The average Bonchev–Trinajstić information content (AvgIpc) is 3.02. The van der Waals surface area contributed by atoms with Crippen LogP contribution in [-0.2, 0) is 13.0 Å². The molecule has 1 aromatic carbocycles. The van der Waals surface area contributed by atoms with Crippen LogP contribution in [0.3, 0.4) is 0 Å². The summed E-state index contributed by atoms with van der Waals surface area (Å²) in [5.41, 5.74) is 2.87. The molecule has 2 saturated heterocycles. The van der Waals surface area contributed by atoms with Crippen molar-refractivity contribution in [2.75, 3.05) is 32.8 Å². The molecule has 4 rings (SSSR count). The van der Waals surface area contributed by atoms with E-state index in [0.29, 0.717) is 12.6 Å². The zero-order valence-electron chi connectivity index (χ0n) is 13.2. The molecule has 120 valence electrons. The molecule has 0 bridgehead atoms. The minimum atomic E-state index is 0.126. The van der Waals surface area contributed by atoms with Crippen molar-refractivity contribution in [2.24, 2.45) is 5.41 Å². The van der Waals surface area contributed by atoms with Crippen molar-refractivity contribution in [3.8, 4) is 5.75 Å². The lowest BCUT2D eigenvalue weighted by Gasteiger charge is -2.50. The van der Waals surface area contributed by atoms with Crippen molar-refractivity contribution < 1.29 is 9.84 Å². The second kappa shape index (κ2) is 5.84. The van der Waals surface area contributed by atoms with Gasteiger partial charge in [0.15, 0.2) is 0 Å². The van der Waals surface area contributed by atoms with Gasteiger partial charge in [-0.25, -0.2) is 0 Å². The Morgan fingerprint density at radius 1 is 1.36 bits per heavy atom. The largest absolute Gasteiger partial charge is 0.493 e. The normalized spacial score (nSPS) is 31.4. The molecule has 1 aromatic rings. The first-order chi connectivity index (χ1) is 10.8. The Morgan fingerprint density at radius 2 is 2.32 bits per heavy atom. The minimum absolute atomic E-state index is 0.126. The number of nitrogens with one attached hydrogen (secondary N) is 1. The Kier molecular flexibility index (Phi) is 3.84. The quantitative estimate of drug-likeness (QED) is 0.889. The maximum absolute atomic E-state index is 9.89. The fourth-order valence-corrected chi connectivity index (χ4v) is 4.40. The van der Waals surface area contributed by atoms with Gasteiger partial charge in [0.1, 0.15) is 5.75 Å². The molecular weight excluding hydrogens is 276 g/mol. The summed E-state index contributed by atoms with van der Waals surface area (Å²) >= 11 is 0. The molecule has 0 unspecified atom stereocenters. The molecule has 3 heterocycles. The van der Waals surface area contributed by atoms with Gasteiger partial charge in [-0.3, -0.25) is 4.90 Å². The first kappa shape index (κ1) is 14.5. The lowest BCUT2D eigenvalue weighted by atomic mass is 9.70. The van der Waals surface area contributed by atoms with Gasteiger partial charge in [-0.15, -0.1) is 0 Å². The number of fused-ring (bicyclic) bond motifs is 2. The van der Waals surface area contributed by atoms with E-state index in [1.165, 1.54) is 24.0 Å². The predicted octanol–water partition coefficient (Wildman–Crippen LogP) is 1.56. The van der Waals surface area contributed by atoms with E-state index in [9.17, 15) is 5.11 Å². The first-order valence-electron chi connectivity index (χ1n) is 8.60. The fourth-order valence-electron chi connectivity index (χ4n) is 4.40. The van der Waals surface area contributed by atoms with Crippen molar-refractivity contribution in [3.05, 3.63) is 29.3 Å². The number of hydrogen-bond donors (Lipinski definition) is 2. The smallest absolute Gasteiger partial charge is 0.122 e. The standard InChI is InChI=1S/C18H26N2O2/c21-13-18-5-1-7-19-17(18)12-20(8-6-18)11-14-2-3-16-15(10-14)4-9-22-16/h2-3,10,17,19,21H,1,4-9,11-13H2/t17-,18-/m1/s1. The molecule has 0 radical (unpaired) electrons. The van der Waals surface area contributed by atoms with Crippen molar-refractivity contribution in [2.45, 2.75) is 38.3 Å². The fraction of sp³-hybridized carbons (Fsp3) is 0.667. The number of likely N-dealkylation sites (tertiary alicyclic amines) is 1. The molecule has 0 spiro atoms. The van der Waals surface area contributed by atoms with Gasteiger partial charge >= 0.3 is 0 Å². The highest BCUT2D eigenvalue weighted by Crippen LogP contribution is 2.38. The number of benzene rings is 1. The van der Waals surface area contributed by atoms with Crippen LogP contribution in [-0.4, -0.2) is 48.9 Å². The van der Waals surface area contributed by atoms with Crippen molar-refractivity contribution in [3.63, 3.8) is 0 Å². The van der Waals surface area contributed by atoms with Gasteiger partial charge < -0.3 is 15.2 Å². The Labute approximate surface area is 132 Å². The third-order valence-corrected chi connectivity index (χ3v) is 5.82. The van der Waals surface area contributed by atoms with Crippen LogP contribution in [0, 0.1) is 5.41 Å². The third kappa shape index (κ3) is 2.53. The maximum Gasteiger partial charge on any atom is 0.122 e. The SMILES string of the molecule is OC[C@]12CCCN[C@@H]1CN(Cc1ccc3c(c1)CCO3)CC2. The number of ether oxygens (including phenoxy) is 1. The highest BCUT2D eigenvalue weighted by Gasteiger charge is 2.43. The van der Waals surface area contributed by atoms with E-state index in [-0.39, 0.29) is 5.41 Å².